The molecule has 0 saturated carbocycles. The van der Waals surface area contributed by atoms with Gasteiger partial charge in [-0.05, 0) is 41.0 Å². The minimum absolute atomic E-state index is 0.0221. The molecule has 0 fully saturated rings. The van der Waals surface area contributed by atoms with Gasteiger partial charge in [0.15, 0.2) is 11.6 Å². The molecule has 0 aliphatic heterocycles. The summed E-state index contributed by atoms with van der Waals surface area (Å²) in [6.07, 6.45) is 1.46. The monoisotopic (exact) mass is 398 g/mol. The van der Waals surface area contributed by atoms with Gasteiger partial charge in [0.05, 0.1) is 5.56 Å². The van der Waals surface area contributed by atoms with Crippen LogP contribution in [0.3, 0.4) is 0 Å². The van der Waals surface area contributed by atoms with Gasteiger partial charge in [0, 0.05) is 22.3 Å². The predicted molar refractivity (Wildman–Crippen MR) is 107 cm³/mol. The molecule has 146 valence electrons. The zero-order valence-electron chi connectivity index (χ0n) is 15.8. The molecule has 0 aliphatic rings. The summed E-state index contributed by atoms with van der Waals surface area (Å²) < 4.78 is 12.7. The molecule has 8 heteroatoms. The van der Waals surface area contributed by atoms with Crippen LogP contribution >= 0.6 is 0 Å². The third kappa shape index (κ3) is 4.58. The maximum atomic E-state index is 12.7. The van der Waals surface area contributed by atoms with Crippen LogP contribution in [0.1, 0.15) is 47.3 Å². The highest BCUT2D eigenvalue weighted by Crippen LogP contribution is 2.30. The second kappa shape index (κ2) is 8.99. The number of H-pyrrole nitrogens is 1. The van der Waals surface area contributed by atoms with Gasteiger partial charge in [-0.25, -0.2) is 5.10 Å². The Kier molecular flexibility index (Phi) is 6.43. The molecular formula is C20H22N4O3S. The Balaban J connectivity index is 1.73. The van der Waals surface area contributed by atoms with E-state index in [1.165, 1.54) is 6.92 Å². The van der Waals surface area contributed by atoms with Gasteiger partial charge in [0.1, 0.15) is 17.3 Å². The predicted octanol–water partition coefficient (Wildman–Crippen LogP) is 3.18. The molecule has 0 radical (unpaired) electrons. The number of aromatic hydroxyl groups is 1. The van der Waals surface area contributed by atoms with Gasteiger partial charge in [-0.1, -0.05) is 43.7 Å². The van der Waals surface area contributed by atoms with Crippen LogP contribution in [0, 0.1) is 0 Å². The van der Waals surface area contributed by atoms with Crippen molar-refractivity contribution < 1.29 is 14.5 Å². The smallest absolute Gasteiger partial charge is 0.179 e. The Bertz CT molecular complexity index is 943. The van der Waals surface area contributed by atoms with Crippen LogP contribution in [0.2, 0.25) is 0 Å². The molecular weight excluding hydrogens is 376 g/mol. The molecule has 2 N–H and O–H groups in total. The number of nitrogens with one attached hydrogen (secondary N) is 1. The number of aromatic amines is 1. The van der Waals surface area contributed by atoms with E-state index in [1.54, 1.807) is 12.1 Å². The summed E-state index contributed by atoms with van der Waals surface area (Å²) in [5, 5.41) is 24.1. The van der Waals surface area contributed by atoms with Crippen LogP contribution in [0.25, 0.3) is 11.4 Å². The van der Waals surface area contributed by atoms with Crippen molar-refractivity contribution in [3.05, 3.63) is 58.7 Å². The van der Waals surface area contributed by atoms with Crippen molar-refractivity contribution in [2.75, 3.05) is 0 Å². The van der Waals surface area contributed by atoms with Gasteiger partial charge in [0.25, 0.3) is 0 Å². The first kappa shape index (κ1) is 20.0. The van der Waals surface area contributed by atoms with Crippen LogP contribution < -0.4 is 0 Å². The summed E-state index contributed by atoms with van der Waals surface area (Å²) in [6, 6.07) is 11.0. The maximum absolute atomic E-state index is 12.7. The number of benzene rings is 2. The minimum atomic E-state index is -1.15. The zero-order valence-corrected chi connectivity index (χ0v) is 16.6. The zero-order chi connectivity index (χ0) is 20.1. The Morgan fingerprint density at radius 3 is 2.54 bits per heavy atom. The van der Waals surface area contributed by atoms with E-state index < -0.39 is 11.2 Å². The SMILES string of the molecule is CCCc1c(C[S+]([O-])Cc2ccc(-c3nnn[nH]3)cc2)ccc(C(C)=O)c1O. The summed E-state index contributed by atoms with van der Waals surface area (Å²) in [6.45, 7) is 3.44. The van der Waals surface area contributed by atoms with Gasteiger partial charge >= 0.3 is 0 Å². The molecule has 3 aromatic rings. The Morgan fingerprint density at radius 2 is 1.93 bits per heavy atom. The van der Waals surface area contributed by atoms with Gasteiger partial charge in [-0.15, -0.1) is 5.10 Å². The number of nitrogens with zero attached hydrogens (tertiary/aromatic N) is 3. The standard InChI is InChI=1S/C20H22N4O3S/c1-3-4-18-16(9-10-17(13(2)25)19(18)26)12-28(27)11-14-5-7-15(8-6-14)20-21-23-24-22-20/h5-10,26H,3-4,11-12H2,1-2H3,(H,21,22,23,24). The van der Waals surface area contributed by atoms with Crippen LogP contribution in [0.5, 0.6) is 5.75 Å². The summed E-state index contributed by atoms with van der Waals surface area (Å²) in [5.41, 5.74) is 3.66. The quantitative estimate of drug-likeness (QED) is 0.445. The minimum Gasteiger partial charge on any atom is -0.616 e. The molecule has 1 aromatic heterocycles. The number of phenolic OH excluding ortho intramolecular Hbond substituents is 1. The van der Waals surface area contributed by atoms with E-state index in [0.29, 0.717) is 29.3 Å². The Morgan fingerprint density at radius 1 is 1.18 bits per heavy atom. The fraction of sp³-hybridized carbons (Fsp3) is 0.300. The number of hydrogen-bond acceptors (Lipinski definition) is 6. The molecule has 0 saturated heterocycles. The van der Waals surface area contributed by atoms with Crippen LogP contribution in [-0.2, 0) is 29.1 Å². The third-order valence-electron chi connectivity index (χ3n) is 4.48. The lowest BCUT2D eigenvalue weighted by atomic mass is 9.98. The molecule has 0 bridgehead atoms. The number of carbonyl (C=O) groups excluding carboxylic acids is 1. The van der Waals surface area contributed by atoms with Crippen molar-refractivity contribution >= 4 is 17.0 Å². The number of tetrazole rings is 1. The molecule has 0 aliphatic carbocycles. The van der Waals surface area contributed by atoms with E-state index in [9.17, 15) is 14.5 Å². The summed E-state index contributed by atoms with van der Waals surface area (Å²) in [5.74, 6) is 1.15. The van der Waals surface area contributed by atoms with Crippen molar-refractivity contribution in [3.63, 3.8) is 0 Å². The Hall–Kier alpha value is -2.71. The number of Topliss-reactive ketones (excluding diaryl/α,β-unsaturated/α-hetero) is 1. The van der Waals surface area contributed by atoms with Crippen LogP contribution in [0.4, 0.5) is 0 Å². The average molecular weight is 398 g/mol. The summed E-state index contributed by atoms with van der Waals surface area (Å²) in [4.78, 5) is 11.7. The molecule has 1 atom stereocenters. The molecule has 7 nitrogen and oxygen atoms in total. The summed E-state index contributed by atoms with van der Waals surface area (Å²) >= 11 is -1.15. The van der Waals surface area contributed by atoms with Crippen molar-refractivity contribution in [2.45, 2.75) is 38.2 Å². The number of carbonyl (C=O) groups is 1. The fourth-order valence-electron chi connectivity index (χ4n) is 3.08. The fourth-order valence-corrected chi connectivity index (χ4v) is 4.36. The molecule has 0 spiro atoms. The highest BCUT2D eigenvalue weighted by Gasteiger charge is 2.19. The first-order valence-electron chi connectivity index (χ1n) is 9.02. The lowest BCUT2D eigenvalue weighted by molar-refractivity contribution is 0.101. The topological polar surface area (TPSA) is 115 Å². The van der Waals surface area contributed by atoms with Crippen LogP contribution in [0.15, 0.2) is 36.4 Å². The largest absolute Gasteiger partial charge is 0.616 e. The molecule has 1 heterocycles. The molecule has 1 unspecified atom stereocenters. The molecule has 3 rings (SSSR count). The maximum Gasteiger partial charge on any atom is 0.179 e. The van der Waals surface area contributed by atoms with E-state index >= 15 is 0 Å². The average Bonchev–Trinajstić information content (AvgIpc) is 3.20. The highest BCUT2D eigenvalue weighted by molar-refractivity contribution is 7.89. The first-order valence-corrected chi connectivity index (χ1v) is 10.5. The molecule has 2 aromatic carbocycles. The second-order valence-electron chi connectivity index (χ2n) is 6.58. The van der Waals surface area contributed by atoms with E-state index in [0.717, 1.165) is 28.7 Å². The number of aromatic nitrogens is 4. The lowest BCUT2D eigenvalue weighted by Crippen LogP contribution is -2.10. The second-order valence-corrected chi connectivity index (χ2v) is 8.04. The van der Waals surface area contributed by atoms with E-state index in [1.807, 2.05) is 31.2 Å². The number of hydrogen-bond donors (Lipinski definition) is 2. The number of phenols is 1. The van der Waals surface area contributed by atoms with E-state index in [4.69, 9.17) is 0 Å². The van der Waals surface area contributed by atoms with Crippen molar-refractivity contribution in [3.8, 4) is 17.1 Å². The number of rotatable bonds is 8. The highest BCUT2D eigenvalue weighted by atomic mass is 32.2. The van der Waals surface area contributed by atoms with Gasteiger partial charge in [-0.2, -0.15) is 0 Å². The number of ketones is 1. The van der Waals surface area contributed by atoms with E-state index in [-0.39, 0.29) is 11.5 Å². The molecule has 28 heavy (non-hydrogen) atoms. The van der Waals surface area contributed by atoms with Gasteiger partial charge in [0.2, 0.25) is 0 Å². The third-order valence-corrected chi connectivity index (χ3v) is 5.76. The van der Waals surface area contributed by atoms with E-state index in [2.05, 4.69) is 20.6 Å². The van der Waals surface area contributed by atoms with Crippen LogP contribution in [-0.4, -0.2) is 36.1 Å². The van der Waals surface area contributed by atoms with Crippen molar-refractivity contribution in [1.29, 1.82) is 0 Å². The Labute approximate surface area is 166 Å². The summed E-state index contributed by atoms with van der Waals surface area (Å²) in [7, 11) is 0. The normalized spacial score (nSPS) is 12.1. The van der Waals surface area contributed by atoms with Crippen molar-refractivity contribution in [1.82, 2.24) is 20.6 Å². The van der Waals surface area contributed by atoms with Gasteiger partial charge < -0.3 is 9.66 Å². The lowest BCUT2D eigenvalue weighted by Gasteiger charge is -2.16. The van der Waals surface area contributed by atoms with Gasteiger partial charge in [-0.3, -0.25) is 4.79 Å². The first-order chi connectivity index (χ1) is 13.5. The molecule has 0 amide bonds. The van der Waals surface area contributed by atoms with Crippen molar-refractivity contribution in [2.24, 2.45) is 0 Å².